The normalized spacial score (nSPS) is 19.0. The summed E-state index contributed by atoms with van der Waals surface area (Å²) in [5.74, 6) is 7.60. The van der Waals surface area contributed by atoms with E-state index in [9.17, 15) is 0 Å². The van der Waals surface area contributed by atoms with E-state index in [-0.39, 0.29) is 0 Å². The van der Waals surface area contributed by atoms with Gasteiger partial charge < -0.3 is 4.90 Å². The van der Waals surface area contributed by atoms with Crippen molar-refractivity contribution >= 4 is 22.7 Å². The van der Waals surface area contributed by atoms with Crippen molar-refractivity contribution in [2.24, 2.45) is 11.8 Å². The SMILES string of the molecule is CC(C)C1CCCN1c1nc(NN)nc2ccccc12. The molecule has 1 aliphatic rings. The summed E-state index contributed by atoms with van der Waals surface area (Å²) in [6.45, 7) is 5.59. The Hall–Kier alpha value is -1.88. The van der Waals surface area contributed by atoms with Crippen LogP contribution in [-0.2, 0) is 0 Å². The highest BCUT2D eigenvalue weighted by Crippen LogP contribution is 2.33. The van der Waals surface area contributed by atoms with Gasteiger partial charge in [0.2, 0.25) is 5.95 Å². The van der Waals surface area contributed by atoms with E-state index in [1.807, 2.05) is 18.2 Å². The fourth-order valence-electron chi connectivity index (χ4n) is 3.09. The van der Waals surface area contributed by atoms with Crippen molar-refractivity contribution < 1.29 is 0 Å². The number of fused-ring (bicyclic) bond motifs is 1. The number of benzene rings is 1. The molecule has 1 unspecified atom stereocenters. The third-order valence-electron chi connectivity index (χ3n) is 4.05. The van der Waals surface area contributed by atoms with E-state index >= 15 is 0 Å². The van der Waals surface area contributed by atoms with Gasteiger partial charge in [0.1, 0.15) is 5.82 Å². The lowest BCUT2D eigenvalue weighted by atomic mass is 10.0. The maximum Gasteiger partial charge on any atom is 0.239 e. The van der Waals surface area contributed by atoms with Gasteiger partial charge in [0.25, 0.3) is 0 Å². The van der Waals surface area contributed by atoms with Gasteiger partial charge in [-0.2, -0.15) is 4.98 Å². The van der Waals surface area contributed by atoms with Gasteiger partial charge in [-0.1, -0.05) is 26.0 Å². The van der Waals surface area contributed by atoms with Gasteiger partial charge in [-0.15, -0.1) is 0 Å². The van der Waals surface area contributed by atoms with Crippen LogP contribution in [0.5, 0.6) is 0 Å². The Morgan fingerprint density at radius 3 is 2.85 bits per heavy atom. The Balaban J connectivity index is 2.14. The zero-order chi connectivity index (χ0) is 14.1. The van der Waals surface area contributed by atoms with Gasteiger partial charge in [0.05, 0.1) is 5.52 Å². The summed E-state index contributed by atoms with van der Waals surface area (Å²) >= 11 is 0. The first-order valence-corrected chi connectivity index (χ1v) is 7.20. The number of anilines is 2. The molecule has 0 radical (unpaired) electrons. The largest absolute Gasteiger partial charge is 0.353 e. The molecule has 5 nitrogen and oxygen atoms in total. The molecule has 106 valence electrons. The maximum absolute atomic E-state index is 5.51. The molecule has 0 spiro atoms. The van der Waals surface area contributed by atoms with Crippen LogP contribution in [-0.4, -0.2) is 22.6 Å². The number of para-hydroxylation sites is 1. The Kier molecular flexibility index (Phi) is 3.44. The van der Waals surface area contributed by atoms with E-state index in [4.69, 9.17) is 5.84 Å². The number of nitrogens with zero attached hydrogens (tertiary/aromatic N) is 3. The van der Waals surface area contributed by atoms with Crippen molar-refractivity contribution in [2.45, 2.75) is 32.7 Å². The molecule has 0 aliphatic carbocycles. The van der Waals surface area contributed by atoms with Crippen molar-refractivity contribution in [3.63, 3.8) is 0 Å². The minimum Gasteiger partial charge on any atom is -0.353 e. The van der Waals surface area contributed by atoms with Crippen LogP contribution >= 0.6 is 0 Å². The number of rotatable bonds is 3. The number of hydrogen-bond acceptors (Lipinski definition) is 5. The summed E-state index contributed by atoms with van der Waals surface area (Å²) in [6, 6.07) is 8.65. The van der Waals surface area contributed by atoms with Crippen molar-refractivity contribution in [3.8, 4) is 0 Å². The molecule has 2 heterocycles. The zero-order valence-electron chi connectivity index (χ0n) is 12.0. The minimum absolute atomic E-state index is 0.480. The highest BCUT2D eigenvalue weighted by Gasteiger charge is 2.29. The number of nitrogens with one attached hydrogen (secondary N) is 1. The average molecular weight is 271 g/mol. The van der Waals surface area contributed by atoms with Crippen molar-refractivity contribution in [1.82, 2.24) is 9.97 Å². The molecule has 0 bridgehead atoms. The third kappa shape index (κ3) is 2.18. The molecule has 5 heteroatoms. The van der Waals surface area contributed by atoms with Gasteiger partial charge >= 0.3 is 0 Å². The van der Waals surface area contributed by atoms with Crippen molar-refractivity contribution in [1.29, 1.82) is 0 Å². The van der Waals surface area contributed by atoms with Gasteiger partial charge in [0.15, 0.2) is 0 Å². The highest BCUT2D eigenvalue weighted by molar-refractivity contribution is 5.90. The molecule has 1 aliphatic heterocycles. The van der Waals surface area contributed by atoms with Crippen LogP contribution in [0.2, 0.25) is 0 Å². The monoisotopic (exact) mass is 271 g/mol. The number of hydrazine groups is 1. The molecule has 2 aromatic rings. The Labute approximate surface area is 119 Å². The molecular formula is C15H21N5. The lowest BCUT2D eigenvalue weighted by Crippen LogP contribution is -2.34. The quantitative estimate of drug-likeness (QED) is 0.663. The van der Waals surface area contributed by atoms with Crippen LogP contribution in [0.25, 0.3) is 10.9 Å². The topological polar surface area (TPSA) is 67.1 Å². The molecule has 20 heavy (non-hydrogen) atoms. The second-order valence-electron chi connectivity index (χ2n) is 5.68. The highest BCUT2D eigenvalue weighted by atomic mass is 15.3. The molecule has 3 N–H and O–H groups in total. The molecule has 1 aromatic heterocycles. The van der Waals surface area contributed by atoms with Gasteiger partial charge in [-0.05, 0) is 30.9 Å². The smallest absolute Gasteiger partial charge is 0.239 e. The fourth-order valence-corrected chi connectivity index (χ4v) is 3.09. The summed E-state index contributed by atoms with van der Waals surface area (Å²) in [5.41, 5.74) is 3.51. The minimum atomic E-state index is 0.480. The molecule has 0 amide bonds. The molecule has 3 rings (SSSR count). The van der Waals surface area contributed by atoms with E-state index in [0.717, 1.165) is 23.3 Å². The number of nitrogens with two attached hydrogens (primary N) is 1. The van der Waals surface area contributed by atoms with Gasteiger partial charge in [-0.25, -0.2) is 10.8 Å². The molecule has 0 saturated carbocycles. The summed E-state index contributed by atoms with van der Waals surface area (Å²) in [4.78, 5) is 11.4. The number of aromatic nitrogens is 2. The molecular weight excluding hydrogens is 250 g/mol. The number of nitrogen functional groups attached to an aromatic ring is 1. The fraction of sp³-hybridized carbons (Fsp3) is 0.467. The Morgan fingerprint density at radius 1 is 1.30 bits per heavy atom. The maximum atomic E-state index is 5.51. The standard InChI is InChI=1S/C15H21N5/c1-10(2)13-8-5-9-20(13)14-11-6-3-4-7-12(11)17-15(18-14)19-16/h3-4,6-7,10,13H,5,8-9,16H2,1-2H3,(H,17,18,19). The lowest BCUT2D eigenvalue weighted by Gasteiger charge is -2.29. The first-order valence-electron chi connectivity index (χ1n) is 7.20. The Morgan fingerprint density at radius 2 is 2.10 bits per heavy atom. The van der Waals surface area contributed by atoms with E-state index in [2.05, 4.69) is 40.2 Å². The predicted octanol–water partition coefficient (Wildman–Crippen LogP) is 2.54. The predicted molar refractivity (Wildman–Crippen MR) is 82.6 cm³/mol. The van der Waals surface area contributed by atoms with Crippen molar-refractivity contribution in [3.05, 3.63) is 24.3 Å². The zero-order valence-corrected chi connectivity index (χ0v) is 12.0. The van der Waals surface area contributed by atoms with Gasteiger partial charge in [-0.3, -0.25) is 5.43 Å². The van der Waals surface area contributed by atoms with Crippen LogP contribution in [0.4, 0.5) is 11.8 Å². The third-order valence-corrected chi connectivity index (χ3v) is 4.05. The van der Waals surface area contributed by atoms with Crippen LogP contribution < -0.4 is 16.2 Å². The van der Waals surface area contributed by atoms with Crippen molar-refractivity contribution in [2.75, 3.05) is 16.9 Å². The second kappa shape index (κ2) is 5.25. The number of hydrogen-bond donors (Lipinski definition) is 2. The summed E-state index contributed by atoms with van der Waals surface area (Å²) in [5, 5.41) is 1.10. The summed E-state index contributed by atoms with van der Waals surface area (Å²) in [7, 11) is 0. The lowest BCUT2D eigenvalue weighted by molar-refractivity contribution is 0.490. The molecule has 1 saturated heterocycles. The van der Waals surface area contributed by atoms with Gasteiger partial charge in [0, 0.05) is 18.0 Å². The van der Waals surface area contributed by atoms with Crippen LogP contribution in [0.15, 0.2) is 24.3 Å². The van der Waals surface area contributed by atoms with Crippen LogP contribution in [0.1, 0.15) is 26.7 Å². The van der Waals surface area contributed by atoms with E-state index in [1.54, 1.807) is 0 Å². The molecule has 1 aromatic carbocycles. The van der Waals surface area contributed by atoms with Crippen LogP contribution in [0.3, 0.4) is 0 Å². The first kappa shape index (κ1) is 13.1. The molecule has 1 atom stereocenters. The molecule has 1 fully saturated rings. The second-order valence-corrected chi connectivity index (χ2v) is 5.68. The Bertz CT molecular complexity index is 610. The summed E-state index contributed by atoms with van der Waals surface area (Å²) in [6.07, 6.45) is 2.44. The summed E-state index contributed by atoms with van der Waals surface area (Å²) < 4.78 is 0. The van der Waals surface area contributed by atoms with E-state index in [0.29, 0.717) is 17.9 Å². The van der Waals surface area contributed by atoms with E-state index < -0.39 is 0 Å². The first-order chi connectivity index (χ1) is 9.70. The average Bonchev–Trinajstić information content (AvgIpc) is 2.95. The van der Waals surface area contributed by atoms with E-state index in [1.165, 1.54) is 12.8 Å². The van der Waals surface area contributed by atoms with Crippen LogP contribution in [0, 0.1) is 5.92 Å².